The van der Waals surface area contributed by atoms with Gasteiger partial charge in [0.25, 0.3) is 5.91 Å². The Hall–Kier alpha value is -2.54. The minimum Gasteiger partial charge on any atom is -0.484 e. The van der Waals surface area contributed by atoms with Crippen LogP contribution < -0.4 is 10.1 Å². The summed E-state index contributed by atoms with van der Waals surface area (Å²) in [5, 5.41) is 7.07. The number of ether oxygens (including phenoxy) is 1. The maximum atomic E-state index is 12.2. The second-order valence-corrected chi connectivity index (χ2v) is 6.42. The summed E-state index contributed by atoms with van der Waals surface area (Å²) in [5.74, 6) is 1.28. The third kappa shape index (κ3) is 4.30. The summed E-state index contributed by atoms with van der Waals surface area (Å²) >= 11 is 3.42. The minimum atomic E-state index is -0.272. The van der Waals surface area contributed by atoms with E-state index in [-0.39, 0.29) is 18.3 Å². The fourth-order valence-corrected chi connectivity index (χ4v) is 2.78. The Labute approximate surface area is 153 Å². The highest BCUT2D eigenvalue weighted by Crippen LogP contribution is 2.25. The van der Waals surface area contributed by atoms with Gasteiger partial charge in [0.05, 0.1) is 22.4 Å². The van der Waals surface area contributed by atoms with E-state index in [1.54, 1.807) is 16.8 Å². The number of benzene rings is 1. The fourth-order valence-electron chi connectivity index (χ4n) is 2.38. The Bertz CT molecular complexity index is 885. The van der Waals surface area contributed by atoms with E-state index in [1.165, 1.54) is 0 Å². The van der Waals surface area contributed by atoms with Crippen LogP contribution in [-0.4, -0.2) is 15.7 Å². The molecule has 1 N–H and O–H groups in total. The molecule has 0 aliphatic carbocycles. The van der Waals surface area contributed by atoms with E-state index in [2.05, 4.69) is 26.3 Å². The Morgan fingerprint density at radius 2 is 2.12 bits per heavy atom. The number of hydrogen-bond donors (Lipinski definition) is 1. The summed E-state index contributed by atoms with van der Waals surface area (Å²) in [5.41, 5.74) is 1.84. The van der Waals surface area contributed by atoms with Gasteiger partial charge in [-0.05, 0) is 53.2 Å². The zero-order chi connectivity index (χ0) is 17.8. The summed E-state index contributed by atoms with van der Waals surface area (Å²) in [4.78, 5) is 12.2. The van der Waals surface area contributed by atoms with Crippen molar-refractivity contribution in [1.82, 2.24) is 15.1 Å². The van der Waals surface area contributed by atoms with Crippen molar-refractivity contribution in [3.63, 3.8) is 0 Å². The number of carbonyl (C=O) groups excluding carboxylic acids is 1. The van der Waals surface area contributed by atoms with Gasteiger partial charge in [0.2, 0.25) is 0 Å². The lowest BCUT2D eigenvalue weighted by molar-refractivity contribution is 0.0918. The number of nitrogens with zero attached hydrogens (tertiary/aromatic N) is 2. The van der Waals surface area contributed by atoms with Gasteiger partial charge in [-0.15, -0.1) is 0 Å². The molecule has 3 aromatic rings. The van der Waals surface area contributed by atoms with Crippen LogP contribution in [0.4, 0.5) is 0 Å². The van der Waals surface area contributed by atoms with E-state index in [0.717, 1.165) is 21.6 Å². The summed E-state index contributed by atoms with van der Waals surface area (Å²) in [6.45, 7) is 2.55. The van der Waals surface area contributed by atoms with Crippen LogP contribution >= 0.6 is 15.9 Å². The zero-order valence-electron chi connectivity index (χ0n) is 14.0. The van der Waals surface area contributed by atoms with Gasteiger partial charge in [0, 0.05) is 7.05 Å². The first-order valence-electron chi connectivity index (χ1n) is 7.76. The second kappa shape index (κ2) is 7.57. The SMILES string of the molecule is Cc1cc(CNC(=O)c2ccc(COc3ccccc3Br)o2)n(C)n1. The predicted octanol–water partition coefficient (Wildman–Crippen LogP) is 3.59. The van der Waals surface area contributed by atoms with Gasteiger partial charge in [-0.2, -0.15) is 5.10 Å². The lowest BCUT2D eigenvalue weighted by Crippen LogP contribution is -2.23. The fraction of sp³-hybridized carbons (Fsp3) is 0.222. The summed E-state index contributed by atoms with van der Waals surface area (Å²) < 4.78 is 13.8. The van der Waals surface area contributed by atoms with E-state index < -0.39 is 0 Å². The zero-order valence-corrected chi connectivity index (χ0v) is 15.5. The first-order chi connectivity index (χ1) is 12.0. The largest absolute Gasteiger partial charge is 0.484 e. The number of aromatic nitrogens is 2. The number of amides is 1. The van der Waals surface area contributed by atoms with Gasteiger partial charge in [-0.3, -0.25) is 9.48 Å². The van der Waals surface area contributed by atoms with Gasteiger partial charge in [-0.25, -0.2) is 0 Å². The molecule has 7 heteroatoms. The Morgan fingerprint density at radius 1 is 1.32 bits per heavy atom. The molecule has 0 saturated carbocycles. The first-order valence-corrected chi connectivity index (χ1v) is 8.56. The number of carbonyl (C=O) groups is 1. The monoisotopic (exact) mass is 403 g/mol. The van der Waals surface area contributed by atoms with Crippen molar-refractivity contribution >= 4 is 21.8 Å². The number of para-hydroxylation sites is 1. The molecule has 0 saturated heterocycles. The topological polar surface area (TPSA) is 69.3 Å². The number of furan rings is 1. The van der Waals surface area contributed by atoms with E-state index >= 15 is 0 Å². The molecule has 0 fully saturated rings. The smallest absolute Gasteiger partial charge is 0.287 e. The Balaban J connectivity index is 1.56. The van der Waals surface area contributed by atoms with Crippen LogP contribution in [0.5, 0.6) is 5.75 Å². The molecule has 1 aromatic carbocycles. The Kier molecular flexibility index (Phi) is 5.23. The third-order valence-corrected chi connectivity index (χ3v) is 4.28. The average Bonchev–Trinajstić information content (AvgIpc) is 3.18. The molecular weight excluding hydrogens is 386 g/mol. The van der Waals surface area contributed by atoms with Crippen LogP contribution in [0, 0.1) is 6.92 Å². The molecule has 0 radical (unpaired) electrons. The quantitative estimate of drug-likeness (QED) is 0.682. The molecule has 0 aliphatic heterocycles. The Morgan fingerprint density at radius 3 is 2.84 bits per heavy atom. The van der Waals surface area contributed by atoms with E-state index in [4.69, 9.17) is 9.15 Å². The van der Waals surface area contributed by atoms with Crippen LogP contribution in [0.2, 0.25) is 0 Å². The maximum absolute atomic E-state index is 12.2. The molecule has 0 unspecified atom stereocenters. The van der Waals surface area contributed by atoms with Crippen LogP contribution in [0.15, 0.2) is 51.4 Å². The number of aryl methyl sites for hydroxylation is 2. The lowest BCUT2D eigenvalue weighted by Gasteiger charge is -2.06. The van der Waals surface area contributed by atoms with Crippen molar-refractivity contribution in [1.29, 1.82) is 0 Å². The second-order valence-electron chi connectivity index (χ2n) is 5.57. The molecule has 2 heterocycles. The van der Waals surface area contributed by atoms with E-state index in [1.807, 2.05) is 44.3 Å². The van der Waals surface area contributed by atoms with Gasteiger partial charge in [0.1, 0.15) is 18.1 Å². The number of halogens is 1. The molecule has 1 amide bonds. The molecule has 130 valence electrons. The standard InChI is InChI=1S/C18H18BrN3O3/c1-12-9-13(22(2)21-12)10-20-18(23)17-8-7-14(25-17)11-24-16-6-4-3-5-15(16)19/h3-9H,10-11H2,1-2H3,(H,20,23). The van der Waals surface area contributed by atoms with Gasteiger partial charge < -0.3 is 14.5 Å². The van der Waals surface area contributed by atoms with E-state index in [9.17, 15) is 4.79 Å². The molecule has 0 aliphatic rings. The molecule has 6 nitrogen and oxygen atoms in total. The minimum absolute atomic E-state index is 0.247. The average molecular weight is 404 g/mol. The number of nitrogens with one attached hydrogen (secondary N) is 1. The van der Waals surface area contributed by atoms with Crippen LogP contribution in [0.3, 0.4) is 0 Å². The normalized spacial score (nSPS) is 10.7. The maximum Gasteiger partial charge on any atom is 0.287 e. The number of hydrogen-bond acceptors (Lipinski definition) is 4. The van der Waals surface area contributed by atoms with Crippen molar-refractivity contribution < 1.29 is 13.9 Å². The molecular formula is C18H18BrN3O3. The summed E-state index contributed by atoms with van der Waals surface area (Å²) in [6.07, 6.45) is 0. The van der Waals surface area contributed by atoms with Crippen molar-refractivity contribution in [2.45, 2.75) is 20.1 Å². The highest BCUT2D eigenvalue weighted by molar-refractivity contribution is 9.10. The molecule has 25 heavy (non-hydrogen) atoms. The first kappa shape index (κ1) is 17.3. The van der Waals surface area contributed by atoms with Gasteiger partial charge >= 0.3 is 0 Å². The number of rotatable bonds is 6. The molecule has 0 atom stereocenters. The summed E-state index contributed by atoms with van der Waals surface area (Å²) in [6, 6.07) is 12.9. The van der Waals surface area contributed by atoms with Crippen molar-refractivity contribution in [2.24, 2.45) is 7.05 Å². The molecule has 0 spiro atoms. The summed E-state index contributed by atoms with van der Waals surface area (Å²) in [7, 11) is 1.85. The van der Waals surface area contributed by atoms with Crippen molar-refractivity contribution in [3.8, 4) is 5.75 Å². The predicted molar refractivity (Wildman–Crippen MR) is 96.3 cm³/mol. The van der Waals surface area contributed by atoms with E-state index in [0.29, 0.717) is 12.3 Å². The van der Waals surface area contributed by atoms with Crippen LogP contribution in [-0.2, 0) is 20.2 Å². The van der Waals surface area contributed by atoms with Crippen LogP contribution in [0.1, 0.15) is 27.7 Å². The van der Waals surface area contributed by atoms with Crippen molar-refractivity contribution in [3.05, 3.63) is 69.8 Å². The van der Waals surface area contributed by atoms with Crippen molar-refractivity contribution in [2.75, 3.05) is 0 Å². The molecule has 3 rings (SSSR count). The lowest BCUT2D eigenvalue weighted by atomic mass is 10.3. The third-order valence-electron chi connectivity index (χ3n) is 3.62. The highest BCUT2D eigenvalue weighted by atomic mass is 79.9. The van der Waals surface area contributed by atoms with Gasteiger partial charge in [-0.1, -0.05) is 12.1 Å². The van der Waals surface area contributed by atoms with Gasteiger partial charge in [0.15, 0.2) is 5.76 Å². The highest BCUT2D eigenvalue weighted by Gasteiger charge is 2.13. The van der Waals surface area contributed by atoms with Crippen LogP contribution in [0.25, 0.3) is 0 Å². The molecule has 2 aromatic heterocycles. The molecule has 0 bridgehead atoms.